The van der Waals surface area contributed by atoms with Gasteiger partial charge in [0.05, 0.1) is 5.71 Å². The number of aryl methyl sites for hydroxylation is 1. The van der Waals surface area contributed by atoms with Gasteiger partial charge in [-0.15, -0.1) is 0 Å². The lowest BCUT2D eigenvalue weighted by molar-refractivity contribution is -0.122. The minimum atomic E-state index is 0.0795. The normalized spacial score (nSPS) is 27.8. The summed E-state index contributed by atoms with van der Waals surface area (Å²) in [5, 5.41) is 4.15. The highest BCUT2D eigenvalue weighted by Crippen LogP contribution is 2.43. The summed E-state index contributed by atoms with van der Waals surface area (Å²) >= 11 is 0. The quantitative estimate of drug-likeness (QED) is 0.732. The van der Waals surface area contributed by atoms with Gasteiger partial charge in [-0.3, -0.25) is 4.79 Å². The van der Waals surface area contributed by atoms with Gasteiger partial charge in [0, 0.05) is 11.8 Å². The fourth-order valence-corrected chi connectivity index (χ4v) is 2.07. The van der Waals surface area contributed by atoms with Gasteiger partial charge in [0.15, 0.2) is 0 Å². The number of fused-ring (bicyclic) bond motifs is 1. The van der Waals surface area contributed by atoms with Gasteiger partial charge in [0.25, 0.3) is 0 Å². The first-order valence-corrected chi connectivity index (χ1v) is 5.20. The Balaban J connectivity index is 1.95. The molecule has 15 heavy (non-hydrogen) atoms. The van der Waals surface area contributed by atoms with Crippen LogP contribution in [0.25, 0.3) is 0 Å². The minimum absolute atomic E-state index is 0.0795. The van der Waals surface area contributed by atoms with Crippen molar-refractivity contribution in [3.05, 3.63) is 35.4 Å². The van der Waals surface area contributed by atoms with Crippen molar-refractivity contribution in [3.8, 4) is 0 Å². The van der Waals surface area contributed by atoms with E-state index >= 15 is 0 Å². The lowest BCUT2D eigenvalue weighted by Crippen LogP contribution is -2.28. The smallest absolute Gasteiger partial charge is 0.243 e. The number of hydrogen-bond acceptors (Lipinski definition) is 2. The molecule has 3 nitrogen and oxygen atoms in total. The van der Waals surface area contributed by atoms with E-state index in [0.717, 1.165) is 17.7 Å². The van der Waals surface area contributed by atoms with Gasteiger partial charge in [0.2, 0.25) is 5.91 Å². The molecule has 2 aliphatic rings. The first-order chi connectivity index (χ1) is 7.25. The molecule has 0 radical (unpaired) electrons. The van der Waals surface area contributed by atoms with Crippen molar-refractivity contribution in [1.29, 1.82) is 0 Å². The third-order valence-corrected chi connectivity index (χ3v) is 3.11. The fraction of sp³-hybridized carbons (Fsp3) is 0.333. The molecular weight excluding hydrogens is 188 g/mol. The average molecular weight is 200 g/mol. The third kappa shape index (κ3) is 1.35. The maximum atomic E-state index is 11.2. The molecule has 1 fully saturated rings. The van der Waals surface area contributed by atoms with Crippen molar-refractivity contribution < 1.29 is 4.79 Å². The van der Waals surface area contributed by atoms with Crippen molar-refractivity contribution in [1.82, 2.24) is 5.43 Å². The van der Waals surface area contributed by atoms with Crippen molar-refractivity contribution in [2.45, 2.75) is 13.3 Å². The Bertz CT molecular complexity index is 447. The second-order valence-electron chi connectivity index (χ2n) is 4.29. The molecule has 1 N–H and O–H groups in total. The molecule has 3 heteroatoms. The summed E-state index contributed by atoms with van der Waals surface area (Å²) in [7, 11) is 0. The van der Waals surface area contributed by atoms with Gasteiger partial charge in [-0.05, 0) is 18.9 Å². The van der Waals surface area contributed by atoms with Crippen LogP contribution in [0.2, 0.25) is 0 Å². The van der Waals surface area contributed by atoms with E-state index in [2.05, 4.69) is 41.7 Å². The zero-order valence-electron chi connectivity index (χ0n) is 8.53. The van der Waals surface area contributed by atoms with E-state index in [0.29, 0.717) is 5.92 Å². The number of nitrogens with one attached hydrogen (secondary N) is 1. The fourth-order valence-electron chi connectivity index (χ4n) is 2.07. The van der Waals surface area contributed by atoms with Crippen LogP contribution in [0.5, 0.6) is 0 Å². The summed E-state index contributed by atoms with van der Waals surface area (Å²) in [5.74, 6) is 0.621. The van der Waals surface area contributed by atoms with Crippen molar-refractivity contribution in [2.75, 3.05) is 0 Å². The first-order valence-electron chi connectivity index (χ1n) is 5.20. The Kier molecular flexibility index (Phi) is 1.69. The zero-order chi connectivity index (χ0) is 10.4. The van der Waals surface area contributed by atoms with E-state index in [-0.39, 0.29) is 11.8 Å². The molecule has 3 rings (SSSR count). The first kappa shape index (κ1) is 8.65. The summed E-state index contributed by atoms with van der Waals surface area (Å²) in [5.41, 5.74) is 6.00. The molecule has 0 bridgehead atoms. The second kappa shape index (κ2) is 2.92. The third-order valence-electron chi connectivity index (χ3n) is 3.11. The van der Waals surface area contributed by atoms with Crippen LogP contribution in [-0.2, 0) is 4.79 Å². The summed E-state index contributed by atoms with van der Waals surface area (Å²) in [6.45, 7) is 2.06. The topological polar surface area (TPSA) is 41.5 Å². The van der Waals surface area contributed by atoms with E-state index in [4.69, 9.17) is 0 Å². The standard InChI is InChI=1S/C12H12N2O/c1-7-2-4-8(5-3-7)11-9-6-10(9)12(15)14-13-11/h2-5,9-10H,6H2,1H3,(H,14,15)/t9-,10-/m0/s1. The molecule has 1 aliphatic heterocycles. The molecule has 0 saturated heterocycles. The van der Waals surface area contributed by atoms with Gasteiger partial charge in [-0.2, -0.15) is 5.10 Å². The lowest BCUT2D eigenvalue weighted by atomic mass is 10.0. The number of benzene rings is 1. The van der Waals surface area contributed by atoms with Gasteiger partial charge in [-0.1, -0.05) is 29.8 Å². The van der Waals surface area contributed by atoms with Crippen molar-refractivity contribution >= 4 is 11.6 Å². The average Bonchev–Trinajstić information content (AvgIpc) is 3.01. The number of carbonyl (C=O) groups excluding carboxylic acids is 1. The minimum Gasteiger partial charge on any atom is -0.273 e. The summed E-state index contributed by atoms with van der Waals surface area (Å²) in [6, 6.07) is 8.29. The van der Waals surface area contributed by atoms with Crippen LogP contribution in [0.3, 0.4) is 0 Å². The number of nitrogens with zero attached hydrogens (tertiary/aromatic N) is 1. The molecule has 0 aromatic heterocycles. The van der Waals surface area contributed by atoms with Gasteiger partial charge < -0.3 is 0 Å². The zero-order valence-corrected chi connectivity index (χ0v) is 8.53. The summed E-state index contributed by atoms with van der Waals surface area (Å²) in [6.07, 6.45) is 0.957. The van der Waals surface area contributed by atoms with E-state index in [9.17, 15) is 4.79 Å². The number of hydrogen-bond donors (Lipinski definition) is 1. The van der Waals surface area contributed by atoms with Crippen molar-refractivity contribution in [2.24, 2.45) is 16.9 Å². The largest absolute Gasteiger partial charge is 0.273 e. The van der Waals surface area contributed by atoms with Gasteiger partial charge in [0.1, 0.15) is 0 Å². The Morgan fingerprint density at radius 3 is 2.73 bits per heavy atom. The summed E-state index contributed by atoms with van der Waals surface area (Å²) in [4.78, 5) is 11.2. The maximum absolute atomic E-state index is 11.2. The van der Waals surface area contributed by atoms with Crippen LogP contribution in [0.4, 0.5) is 0 Å². The molecule has 1 aromatic rings. The van der Waals surface area contributed by atoms with E-state index < -0.39 is 0 Å². The van der Waals surface area contributed by atoms with E-state index in [1.54, 1.807) is 0 Å². The molecule has 0 unspecified atom stereocenters. The predicted octanol–water partition coefficient (Wildman–Crippen LogP) is 1.47. The van der Waals surface area contributed by atoms with Gasteiger partial charge >= 0.3 is 0 Å². The van der Waals surface area contributed by atoms with Crippen LogP contribution in [0, 0.1) is 18.8 Å². The Labute approximate surface area is 88.2 Å². The van der Waals surface area contributed by atoms with Gasteiger partial charge in [-0.25, -0.2) is 5.43 Å². The highest BCUT2D eigenvalue weighted by Gasteiger charge is 2.49. The molecule has 1 aliphatic carbocycles. The van der Waals surface area contributed by atoms with Crippen LogP contribution < -0.4 is 5.43 Å². The number of hydrazone groups is 1. The van der Waals surface area contributed by atoms with Crippen LogP contribution >= 0.6 is 0 Å². The maximum Gasteiger partial charge on any atom is 0.243 e. The molecular formula is C12H12N2O. The molecule has 0 spiro atoms. The monoisotopic (exact) mass is 200 g/mol. The van der Waals surface area contributed by atoms with Crippen LogP contribution in [0.15, 0.2) is 29.4 Å². The highest BCUT2D eigenvalue weighted by atomic mass is 16.2. The number of rotatable bonds is 1. The second-order valence-corrected chi connectivity index (χ2v) is 4.29. The lowest BCUT2D eigenvalue weighted by Gasteiger charge is -2.11. The highest BCUT2D eigenvalue weighted by molar-refractivity contribution is 6.09. The van der Waals surface area contributed by atoms with Crippen LogP contribution in [0.1, 0.15) is 17.5 Å². The number of carbonyl (C=O) groups is 1. The Morgan fingerprint density at radius 1 is 1.27 bits per heavy atom. The Morgan fingerprint density at radius 2 is 2.00 bits per heavy atom. The molecule has 1 aromatic carbocycles. The Hall–Kier alpha value is -1.64. The molecule has 1 heterocycles. The summed E-state index contributed by atoms with van der Waals surface area (Å²) < 4.78 is 0. The molecule has 1 saturated carbocycles. The van der Waals surface area contributed by atoms with Crippen LogP contribution in [-0.4, -0.2) is 11.6 Å². The van der Waals surface area contributed by atoms with E-state index in [1.807, 2.05) is 0 Å². The molecule has 76 valence electrons. The van der Waals surface area contributed by atoms with E-state index in [1.165, 1.54) is 5.56 Å². The predicted molar refractivity (Wildman–Crippen MR) is 57.5 cm³/mol. The SMILES string of the molecule is Cc1ccc(C2=NNC(=O)[C@H]3C[C@H]23)cc1. The molecule has 2 atom stereocenters. The van der Waals surface area contributed by atoms with Crippen molar-refractivity contribution in [3.63, 3.8) is 0 Å². The number of amides is 1. The molecule has 1 amide bonds.